The largest absolute Gasteiger partial charge is 0.478 e. The van der Waals surface area contributed by atoms with Gasteiger partial charge in [-0.25, -0.2) is 22.4 Å². The van der Waals surface area contributed by atoms with E-state index in [1.54, 1.807) is 0 Å². The van der Waals surface area contributed by atoms with E-state index in [-0.39, 0.29) is 0 Å². The van der Waals surface area contributed by atoms with Gasteiger partial charge in [0.25, 0.3) is 6.43 Å². The van der Waals surface area contributed by atoms with Crippen molar-refractivity contribution >= 4 is 12.0 Å². The molecule has 6 heteroatoms. The van der Waals surface area contributed by atoms with Gasteiger partial charge in [-0.3, -0.25) is 0 Å². The number of benzene rings is 1. The summed E-state index contributed by atoms with van der Waals surface area (Å²) in [6.45, 7) is 0. The molecular weight excluding hydrogens is 228 g/mol. The average Bonchev–Trinajstić information content (AvgIpc) is 2.18. The summed E-state index contributed by atoms with van der Waals surface area (Å²) in [6.07, 6.45) is -1.75. The first kappa shape index (κ1) is 12.2. The molecular formula is C10H6F4O2. The van der Waals surface area contributed by atoms with E-state index in [9.17, 15) is 22.4 Å². The zero-order valence-corrected chi connectivity index (χ0v) is 7.75. The van der Waals surface area contributed by atoms with Crippen molar-refractivity contribution in [1.29, 1.82) is 0 Å². The van der Waals surface area contributed by atoms with Crippen LogP contribution >= 0.6 is 0 Å². The molecule has 0 heterocycles. The number of carboxylic acids is 1. The highest BCUT2D eigenvalue weighted by atomic mass is 19.3. The van der Waals surface area contributed by atoms with Gasteiger partial charge in [-0.1, -0.05) is 0 Å². The molecule has 0 bridgehead atoms. The maximum Gasteiger partial charge on any atom is 0.328 e. The summed E-state index contributed by atoms with van der Waals surface area (Å²) < 4.78 is 50.3. The zero-order valence-electron chi connectivity index (χ0n) is 7.75. The quantitative estimate of drug-likeness (QED) is 0.644. The average molecular weight is 234 g/mol. The summed E-state index contributed by atoms with van der Waals surface area (Å²) in [4.78, 5) is 10.1. The second kappa shape index (κ2) is 4.78. The lowest BCUT2D eigenvalue weighted by atomic mass is 10.1. The smallest absolute Gasteiger partial charge is 0.328 e. The van der Waals surface area contributed by atoms with Crippen molar-refractivity contribution in [3.8, 4) is 0 Å². The molecule has 1 N–H and O–H groups in total. The summed E-state index contributed by atoms with van der Waals surface area (Å²) in [7, 11) is 0. The predicted molar refractivity (Wildman–Crippen MR) is 48.0 cm³/mol. The van der Waals surface area contributed by atoms with Crippen LogP contribution in [0.3, 0.4) is 0 Å². The minimum Gasteiger partial charge on any atom is -0.478 e. The van der Waals surface area contributed by atoms with Gasteiger partial charge in [0.1, 0.15) is 11.6 Å². The number of halogens is 4. The molecule has 0 amide bonds. The third-order valence-electron chi connectivity index (χ3n) is 1.76. The van der Waals surface area contributed by atoms with E-state index in [1.807, 2.05) is 0 Å². The molecule has 1 rings (SSSR count). The van der Waals surface area contributed by atoms with Crippen LogP contribution in [0.5, 0.6) is 0 Å². The molecule has 0 fully saturated rings. The van der Waals surface area contributed by atoms with Crippen molar-refractivity contribution in [2.45, 2.75) is 6.43 Å². The van der Waals surface area contributed by atoms with Crippen LogP contribution in [0.15, 0.2) is 18.2 Å². The fourth-order valence-corrected chi connectivity index (χ4v) is 1.03. The Balaban J connectivity index is 3.15. The summed E-state index contributed by atoms with van der Waals surface area (Å²) in [5.41, 5.74) is -1.45. The Morgan fingerprint density at radius 3 is 2.38 bits per heavy atom. The Morgan fingerprint density at radius 1 is 1.25 bits per heavy atom. The Kier molecular flexibility index (Phi) is 3.65. The molecule has 0 spiro atoms. The first-order valence-electron chi connectivity index (χ1n) is 4.10. The molecule has 0 atom stereocenters. The van der Waals surface area contributed by atoms with Gasteiger partial charge in [-0.15, -0.1) is 0 Å². The van der Waals surface area contributed by atoms with E-state index < -0.39 is 35.2 Å². The highest BCUT2D eigenvalue weighted by Gasteiger charge is 2.16. The predicted octanol–water partition coefficient (Wildman–Crippen LogP) is 3.00. The van der Waals surface area contributed by atoms with Crippen LogP contribution in [-0.4, -0.2) is 11.1 Å². The van der Waals surface area contributed by atoms with Gasteiger partial charge in [-0.2, -0.15) is 0 Å². The monoisotopic (exact) mass is 234 g/mol. The van der Waals surface area contributed by atoms with Crippen LogP contribution in [0.25, 0.3) is 6.08 Å². The van der Waals surface area contributed by atoms with Crippen LogP contribution in [0.1, 0.15) is 17.6 Å². The second-order valence-corrected chi connectivity index (χ2v) is 2.87. The van der Waals surface area contributed by atoms with Crippen molar-refractivity contribution in [3.63, 3.8) is 0 Å². The third kappa shape index (κ3) is 2.82. The molecule has 0 aromatic heterocycles. The van der Waals surface area contributed by atoms with Crippen molar-refractivity contribution in [2.75, 3.05) is 0 Å². The van der Waals surface area contributed by atoms with Gasteiger partial charge in [0, 0.05) is 11.6 Å². The number of hydrogen-bond donors (Lipinski definition) is 1. The van der Waals surface area contributed by atoms with E-state index in [2.05, 4.69) is 0 Å². The van der Waals surface area contributed by atoms with E-state index in [0.29, 0.717) is 18.2 Å². The molecule has 0 unspecified atom stereocenters. The van der Waals surface area contributed by atoms with Crippen molar-refractivity contribution in [3.05, 3.63) is 41.0 Å². The molecule has 0 saturated heterocycles. The Labute approximate surface area is 87.8 Å². The van der Waals surface area contributed by atoms with Gasteiger partial charge in [-0.05, 0) is 18.2 Å². The maximum absolute atomic E-state index is 13.1. The Bertz CT molecular complexity index is 441. The molecule has 0 aliphatic heterocycles. The van der Waals surface area contributed by atoms with Crippen LogP contribution in [0, 0.1) is 11.6 Å². The normalized spacial score (nSPS) is 11.3. The lowest BCUT2D eigenvalue weighted by Gasteiger charge is -2.04. The second-order valence-electron chi connectivity index (χ2n) is 2.87. The first-order valence-corrected chi connectivity index (χ1v) is 4.10. The van der Waals surface area contributed by atoms with Gasteiger partial charge in [0.15, 0.2) is 0 Å². The number of carboxylic acid groups (broad SMARTS) is 1. The fourth-order valence-electron chi connectivity index (χ4n) is 1.03. The van der Waals surface area contributed by atoms with Crippen LogP contribution in [0.4, 0.5) is 17.6 Å². The molecule has 86 valence electrons. The van der Waals surface area contributed by atoms with Crippen molar-refractivity contribution < 1.29 is 27.5 Å². The summed E-state index contributed by atoms with van der Waals surface area (Å²) in [5, 5.41) is 8.25. The van der Waals surface area contributed by atoms with Crippen LogP contribution in [-0.2, 0) is 4.79 Å². The zero-order chi connectivity index (χ0) is 12.3. The molecule has 0 saturated carbocycles. The maximum atomic E-state index is 13.1. The summed E-state index contributed by atoms with van der Waals surface area (Å²) >= 11 is 0. The van der Waals surface area contributed by atoms with Crippen molar-refractivity contribution in [2.24, 2.45) is 0 Å². The fraction of sp³-hybridized carbons (Fsp3) is 0.100. The minimum atomic E-state index is -3.12. The Morgan fingerprint density at radius 2 is 1.88 bits per heavy atom. The topological polar surface area (TPSA) is 37.3 Å². The molecule has 0 aliphatic rings. The van der Waals surface area contributed by atoms with E-state index in [4.69, 9.17) is 5.11 Å². The van der Waals surface area contributed by atoms with E-state index >= 15 is 0 Å². The number of alkyl halides is 2. The number of carbonyl (C=O) groups is 1. The molecule has 16 heavy (non-hydrogen) atoms. The first-order chi connectivity index (χ1) is 7.41. The highest BCUT2D eigenvalue weighted by molar-refractivity contribution is 5.85. The highest BCUT2D eigenvalue weighted by Crippen LogP contribution is 2.25. The minimum absolute atomic E-state index is 0.349. The van der Waals surface area contributed by atoms with Gasteiger partial charge in [0.2, 0.25) is 0 Å². The molecule has 0 radical (unpaired) electrons. The molecule has 2 nitrogen and oxygen atoms in total. The SMILES string of the molecule is O=C(O)/C=C/c1cc(F)c(C(F)F)cc1F. The van der Waals surface area contributed by atoms with Crippen LogP contribution < -0.4 is 0 Å². The number of aliphatic carboxylic acids is 1. The Hall–Kier alpha value is -1.85. The van der Waals surface area contributed by atoms with E-state index in [1.165, 1.54) is 0 Å². The molecule has 1 aromatic carbocycles. The lowest BCUT2D eigenvalue weighted by Crippen LogP contribution is -1.95. The number of hydrogen-bond acceptors (Lipinski definition) is 1. The van der Waals surface area contributed by atoms with Crippen LogP contribution in [0.2, 0.25) is 0 Å². The van der Waals surface area contributed by atoms with Crippen molar-refractivity contribution in [1.82, 2.24) is 0 Å². The standard InChI is InChI=1S/C10H6F4O2/c11-7-4-6(10(13)14)8(12)3-5(7)1-2-9(15)16/h1-4,10H,(H,15,16)/b2-1+. The summed E-state index contributed by atoms with van der Waals surface area (Å²) in [5.74, 6) is -3.73. The molecule has 1 aromatic rings. The molecule has 0 aliphatic carbocycles. The number of rotatable bonds is 3. The lowest BCUT2D eigenvalue weighted by molar-refractivity contribution is -0.131. The summed E-state index contributed by atoms with van der Waals surface area (Å²) in [6, 6.07) is 0.873. The van der Waals surface area contributed by atoms with Gasteiger partial charge < -0.3 is 5.11 Å². The third-order valence-corrected chi connectivity index (χ3v) is 1.76. The van der Waals surface area contributed by atoms with Gasteiger partial charge >= 0.3 is 5.97 Å². The van der Waals surface area contributed by atoms with Gasteiger partial charge in [0.05, 0.1) is 5.56 Å². The van der Waals surface area contributed by atoms with E-state index in [0.717, 1.165) is 6.08 Å².